The summed E-state index contributed by atoms with van der Waals surface area (Å²) in [4.78, 5) is 3.09. The number of nitrogens with one attached hydrogen (secondary N) is 3. The van der Waals surface area contributed by atoms with Crippen LogP contribution in [-0.4, -0.2) is 36.0 Å². The molecule has 1 heterocycles. The van der Waals surface area contributed by atoms with Gasteiger partial charge in [0.2, 0.25) is 0 Å². The number of H-pyrrole nitrogens is 1. The third-order valence-electron chi connectivity index (χ3n) is 4.95. The van der Waals surface area contributed by atoms with Gasteiger partial charge in [0, 0.05) is 11.6 Å². The van der Waals surface area contributed by atoms with Crippen LogP contribution in [0.5, 0.6) is 11.5 Å². The van der Waals surface area contributed by atoms with Crippen molar-refractivity contribution in [3.63, 3.8) is 0 Å². The highest BCUT2D eigenvalue weighted by atomic mass is 32.2. The summed E-state index contributed by atoms with van der Waals surface area (Å²) in [6.45, 7) is 0. The van der Waals surface area contributed by atoms with Crippen molar-refractivity contribution in [2.75, 3.05) is 23.7 Å². The van der Waals surface area contributed by atoms with Crippen LogP contribution in [0, 0.1) is 0 Å². The SMILES string of the molecule is COc1ccc(S(=O)(=O)Nc2ccc(NS(=O)(=O)c3ccc(OC)cc3)c3[nH]ccc23)cc1. The van der Waals surface area contributed by atoms with Crippen molar-refractivity contribution in [1.29, 1.82) is 0 Å². The highest BCUT2D eigenvalue weighted by molar-refractivity contribution is 7.93. The first-order chi connectivity index (χ1) is 15.7. The van der Waals surface area contributed by atoms with Gasteiger partial charge >= 0.3 is 0 Å². The smallest absolute Gasteiger partial charge is 0.261 e. The quantitative estimate of drug-likeness (QED) is 0.347. The zero-order valence-corrected chi connectivity index (χ0v) is 19.3. The van der Waals surface area contributed by atoms with Crippen molar-refractivity contribution in [2.24, 2.45) is 0 Å². The van der Waals surface area contributed by atoms with Crippen molar-refractivity contribution < 1.29 is 26.3 Å². The molecule has 0 atom stereocenters. The molecular formula is C22H21N3O6S2. The lowest BCUT2D eigenvalue weighted by molar-refractivity contribution is 0.414. The van der Waals surface area contributed by atoms with Crippen LogP contribution >= 0.6 is 0 Å². The van der Waals surface area contributed by atoms with Gasteiger partial charge in [-0.15, -0.1) is 0 Å². The van der Waals surface area contributed by atoms with E-state index in [1.165, 1.54) is 50.6 Å². The normalized spacial score (nSPS) is 11.8. The Labute approximate surface area is 191 Å². The van der Waals surface area contributed by atoms with Crippen molar-refractivity contribution in [3.05, 3.63) is 72.9 Å². The maximum absolute atomic E-state index is 12.8. The fourth-order valence-electron chi connectivity index (χ4n) is 3.25. The molecule has 0 unspecified atom stereocenters. The molecule has 3 aromatic carbocycles. The fraction of sp³-hybridized carbons (Fsp3) is 0.0909. The number of hydrogen-bond acceptors (Lipinski definition) is 6. The second-order valence-corrected chi connectivity index (χ2v) is 10.4. The summed E-state index contributed by atoms with van der Waals surface area (Å²) in [7, 11) is -4.77. The van der Waals surface area contributed by atoms with Crippen molar-refractivity contribution in [1.82, 2.24) is 4.98 Å². The zero-order chi connectivity index (χ0) is 23.6. The molecule has 0 spiro atoms. The molecular weight excluding hydrogens is 466 g/mol. The first-order valence-corrected chi connectivity index (χ1v) is 12.6. The largest absolute Gasteiger partial charge is 0.497 e. The maximum atomic E-state index is 12.8. The molecule has 4 aromatic rings. The molecule has 33 heavy (non-hydrogen) atoms. The molecule has 0 saturated carbocycles. The lowest BCUT2D eigenvalue weighted by Gasteiger charge is -2.13. The molecule has 4 rings (SSSR count). The predicted octanol–water partition coefficient (Wildman–Crippen LogP) is 3.79. The highest BCUT2D eigenvalue weighted by Crippen LogP contribution is 2.32. The molecule has 11 heteroatoms. The van der Waals surface area contributed by atoms with E-state index in [0.29, 0.717) is 28.1 Å². The van der Waals surface area contributed by atoms with Gasteiger partial charge in [-0.25, -0.2) is 16.8 Å². The number of anilines is 2. The summed E-state index contributed by atoms with van der Waals surface area (Å²) in [6.07, 6.45) is 1.60. The Kier molecular flexibility index (Phi) is 5.91. The monoisotopic (exact) mass is 487 g/mol. The van der Waals surface area contributed by atoms with Crippen LogP contribution in [0.1, 0.15) is 0 Å². The molecule has 3 N–H and O–H groups in total. The number of benzene rings is 3. The number of hydrogen-bond donors (Lipinski definition) is 3. The standard InChI is InChI=1S/C22H21N3O6S2/c1-30-15-3-7-17(8-4-15)32(26,27)24-20-11-12-21(22-19(20)13-14-23-22)25-33(28,29)18-9-5-16(31-2)6-10-18/h3-14,23-25H,1-2H3. The van der Waals surface area contributed by atoms with Crippen LogP contribution in [0.25, 0.3) is 10.9 Å². The molecule has 0 bridgehead atoms. The molecule has 172 valence electrons. The van der Waals surface area contributed by atoms with E-state index in [-0.39, 0.29) is 15.5 Å². The Hall–Kier alpha value is -3.70. The molecule has 9 nitrogen and oxygen atoms in total. The van der Waals surface area contributed by atoms with Crippen molar-refractivity contribution in [2.45, 2.75) is 9.79 Å². The summed E-state index contributed by atoms with van der Waals surface area (Å²) in [6, 6.07) is 16.6. The molecule has 0 saturated heterocycles. The second kappa shape index (κ2) is 8.68. The molecule has 0 radical (unpaired) electrons. The van der Waals surface area contributed by atoms with E-state index in [1.807, 2.05) is 0 Å². The lowest BCUT2D eigenvalue weighted by atomic mass is 10.2. The minimum absolute atomic E-state index is 0.0623. The minimum Gasteiger partial charge on any atom is -0.497 e. The van der Waals surface area contributed by atoms with E-state index in [1.54, 1.807) is 36.5 Å². The topological polar surface area (TPSA) is 127 Å². The molecule has 0 fully saturated rings. The van der Waals surface area contributed by atoms with Gasteiger partial charge in [0.1, 0.15) is 11.5 Å². The summed E-state index contributed by atoms with van der Waals surface area (Å²) in [5, 5.41) is 0.502. The van der Waals surface area contributed by atoms with Gasteiger partial charge in [-0.3, -0.25) is 9.44 Å². The van der Waals surface area contributed by atoms with Gasteiger partial charge in [-0.1, -0.05) is 0 Å². The Morgan fingerprint density at radius 2 is 1.09 bits per heavy atom. The number of sulfonamides is 2. The number of ether oxygens (including phenoxy) is 2. The number of methoxy groups -OCH3 is 2. The number of aromatic amines is 1. The van der Waals surface area contributed by atoms with Gasteiger partial charge in [0.15, 0.2) is 0 Å². The molecule has 0 aliphatic rings. The fourth-order valence-corrected chi connectivity index (χ4v) is 5.40. The van der Waals surface area contributed by atoms with E-state index in [2.05, 4.69) is 14.4 Å². The second-order valence-electron chi connectivity index (χ2n) is 6.99. The molecule has 1 aromatic heterocycles. The number of fused-ring (bicyclic) bond motifs is 1. The third-order valence-corrected chi connectivity index (χ3v) is 7.71. The van der Waals surface area contributed by atoms with Crippen LogP contribution in [0.3, 0.4) is 0 Å². The summed E-state index contributed by atoms with van der Waals surface area (Å²) in [5.41, 5.74) is 1.01. The first-order valence-electron chi connectivity index (χ1n) is 9.67. The van der Waals surface area contributed by atoms with E-state index in [0.717, 1.165) is 0 Å². The Morgan fingerprint density at radius 1 is 0.636 bits per heavy atom. The van der Waals surface area contributed by atoms with E-state index < -0.39 is 20.0 Å². The Balaban J connectivity index is 1.64. The van der Waals surface area contributed by atoms with E-state index in [4.69, 9.17) is 9.47 Å². The van der Waals surface area contributed by atoms with Gasteiger partial charge in [-0.05, 0) is 66.7 Å². The average molecular weight is 488 g/mol. The Bertz CT molecular complexity index is 1380. The zero-order valence-electron chi connectivity index (χ0n) is 17.7. The highest BCUT2D eigenvalue weighted by Gasteiger charge is 2.20. The third kappa shape index (κ3) is 4.59. The van der Waals surface area contributed by atoms with E-state index >= 15 is 0 Å². The van der Waals surface area contributed by atoms with Crippen LogP contribution in [-0.2, 0) is 20.0 Å². The first kappa shape index (κ1) is 22.5. The van der Waals surface area contributed by atoms with Gasteiger partial charge < -0.3 is 14.5 Å². The molecule has 0 aliphatic heterocycles. The summed E-state index contributed by atoms with van der Waals surface area (Å²) in [5.74, 6) is 1.07. The van der Waals surface area contributed by atoms with Crippen LogP contribution in [0.2, 0.25) is 0 Å². The van der Waals surface area contributed by atoms with Crippen LogP contribution in [0.15, 0.2) is 82.7 Å². The van der Waals surface area contributed by atoms with Crippen molar-refractivity contribution in [3.8, 4) is 11.5 Å². The van der Waals surface area contributed by atoms with Gasteiger partial charge in [0.25, 0.3) is 20.0 Å². The van der Waals surface area contributed by atoms with Gasteiger partial charge in [0.05, 0.1) is 40.9 Å². The minimum atomic E-state index is -3.88. The summed E-state index contributed by atoms with van der Waals surface area (Å²) < 4.78 is 66.6. The number of aromatic nitrogens is 1. The summed E-state index contributed by atoms with van der Waals surface area (Å²) >= 11 is 0. The van der Waals surface area contributed by atoms with Crippen LogP contribution < -0.4 is 18.9 Å². The Morgan fingerprint density at radius 3 is 1.58 bits per heavy atom. The van der Waals surface area contributed by atoms with Gasteiger partial charge in [-0.2, -0.15) is 0 Å². The maximum Gasteiger partial charge on any atom is 0.261 e. The predicted molar refractivity (Wildman–Crippen MR) is 126 cm³/mol. The number of rotatable bonds is 8. The molecule has 0 aliphatic carbocycles. The molecule has 0 amide bonds. The van der Waals surface area contributed by atoms with E-state index in [9.17, 15) is 16.8 Å². The van der Waals surface area contributed by atoms with Crippen molar-refractivity contribution >= 4 is 42.3 Å². The average Bonchev–Trinajstić information content (AvgIpc) is 3.31. The van der Waals surface area contributed by atoms with Crippen LogP contribution in [0.4, 0.5) is 11.4 Å². The lowest BCUT2D eigenvalue weighted by Crippen LogP contribution is -2.15.